The summed E-state index contributed by atoms with van der Waals surface area (Å²) in [6.45, 7) is 1.65. The summed E-state index contributed by atoms with van der Waals surface area (Å²) in [6, 6.07) is 15.4. The Morgan fingerprint density at radius 2 is 1.77 bits per heavy atom. The van der Waals surface area contributed by atoms with Crippen LogP contribution in [-0.2, 0) is 4.79 Å². The van der Waals surface area contributed by atoms with Gasteiger partial charge in [0.1, 0.15) is 5.69 Å². The fourth-order valence-corrected chi connectivity index (χ4v) is 2.98. The Labute approximate surface area is 199 Å². The van der Waals surface area contributed by atoms with Gasteiger partial charge in [-0.25, -0.2) is 0 Å². The molecule has 0 saturated carbocycles. The van der Waals surface area contributed by atoms with Crippen LogP contribution in [0.2, 0.25) is 0 Å². The van der Waals surface area contributed by atoms with Crippen LogP contribution in [0.15, 0.2) is 65.8 Å². The second-order valence-electron chi connectivity index (χ2n) is 7.15. The Balaban J connectivity index is 1.65. The minimum Gasteiger partial charge on any atom is -0.493 e. The molecule has 2 N–H and O–H groups in total. The zero-order valence-corrected chi connectivity index (χ0v) is 18.8. The Kier molecular flexibility index (Phi) is 7.90. The van der Waals surface area contributed by atoms with Gasteiger partial charge in [-0.1, -0.05) is 18.2 Å². The van der Waals surface area contributed by atoms with Gasteiger partial charge in [0.2, 0.25) is 0 Å². The Morgan fingerprint density at radius 3 is 2.46 bits per heavy atom. The Morgan fingerprint density at radius 1 is 1.00 bits per heavy atom. The largest absolute Gasteiger partial charge is 0.493 e. The van der Waals surface area contributed by atoms with Crippen molar-refractivity contribution in [2.45, 2.75) is 6.92 Å². The van der Waals surface area contributed by atoms with Crippen LogP contribution < -0.4 is 20.2 Å². The van der Waals surface area contributed by atoms with E-state index in [2.05, 4.69) is 15.8 Å². The van der Waals surface area contributed by atoms with Gasteiger partial charge in [-0.2, -0.15) is 5.10 Å². The minimum atomic E-state index is -0.741. The zero-order chi connectivity index (χ0) is 25.4. The molecule has 3 rings (SSSR count). The lowest BCUT2D eigenvalue weighted by Gasteiger charge is -2.12. The molecule has 180 valence electrons. The summed E-state index contributed by atoms with van der Waals surface area (Å²) in [6.07, 6.45) is 1.38. The molecule has 3 aromatic rings. The van der Waals surface area contributed by atoms with E-state index in [-0.39, 0.29) is 18.2 Å². The lowest BCUT2D eigenvalue weighted by Crippen LogP contribution is -2.20. The van der Waals surface area contributed by atoms with E-state index in [1.54, 1.807) is 24.3 Å². The van der Waals surface area contributed by atoms with Gasteiger partial charge in [0.05, 0.1) is 29.2 Å². The number of carbonyl (C=O) groups excluding carboxylic acids is 1. The predicted octanol–water partition coefficient (Wildman–Crippen LogP) is 4.28. The minimum absolute atomic E-state index is 0.0107. The van der Waals surface area contributed by atoms with Crippen LogP contribution >= 0.6 is 0 Å². The molecule has 0 saturated heterocycles. The third kappa shape index (κ3) is 6.51. The van der Waals surface area contributed by atoms with Crippen LogP contribution in [0.3, 0.4) is 0 Å². The smallest absolute Gasteiger partial charge is 0.301 e. The van der Waals surface area contributed by atoms with Crippen LogP contribution in [0.4, 0.5) is 22.7 Å². The van der Waals surface area contributed by atoms with E-state index in [0.29, 0.717) is 22.7 Å². The molecule has 0 fully saturated rings. The maximum Gasteiger partial charge on any atom is 0.301 e. The molecule has 12 nitrogen and oxygen atoms in total. The number of amides is 1. The highest BCUT2D eigenvalue weighted by Gasteiger charge is 2.19. The summed E-state index contributed by atoms with van der Waals surface area (Å²) in [7, 11) is 1.44. The van der Waals surface area contributed by atoms with Gasteiger partial charge >= 0.3 is 5.69 Å². The number of non-ortho nitro benzene ring substituents is 1. The second-order valence-corrected chi connectivity index (χ2v) is 7.15. The Hall–Kier alpha value is -5.00. The molecule has 0 unspecified atom stereocenters. The summed E-state index contributed by atoms with van der Waals surface area (Å²) in [4.78, 5) is 32.8. The van der Waals surface area contributed by atoms with Gasteiger partial charge < -0.3 is 14.8 Å². The van der Waals surface area contributed by atoms with Crippen LogP contribution in [-0.4, -0.2) is 35.7 Å². The number of para-hydroxylation sites is 1. The molecule has 0 aliphatic rings. The summed E-state index contributed by atoms with van der Waals surface area (Å²) in [5, 5.41) is 28.8. The first-order chi connectivity index (χ1) is 16.8. The second kappa shape index (κ2) is 11.2. The molecule has 0 bridgehead atoms. The molecule has 0 aliphatic carbocycles. The van der Waals surface area contributed by atoms with Crippen molar-refractivity contribution in [2.24, 2.45) is 5.10 Å². The molecule has 0 spiro atoms. The summed E-state index contributed by atoms with van der Waals surface area (Å²) in [5.74, 6) is 0.350. The molecule has 12 heteroatoms. The third-order valence-electron chi connectivity index (χ3n) is 4.75. The maximum absolute atomic E-state index is 12.2. The molecule has 0 heterocycles. The number of ether oxygens (including phenoxy) is 2. The van der Waals surface area contributed by atoms with Gasteiger partial charge in [-0.3, -0.25) is 30.4 Å². The van der Waals surface area contributed by atoms with E-state index in [1.807, 2.05) is 25.1 Å². The number of benzene rings is 3. The summed E-state index contributed by atoms with van der Waals surface area (Å²) in [5.41, 5.74) is 3.80. The number of methoxy groups -OCH3 is 1. The fraction of sp³-hybridized carbons (Fsp3) is 0.130. The number of carbonyl (C=O) groups is 1. The van der Waals surface area contributed by atoms with Crippen molar-refractivity contribution in [1.82, 2.24) is 0 Å². The quantitative estimate of drug-likeness (QED) is 0.248. The molecule has 0 radical (unpaired) electrons. The lowest BCUT2D eigenvalue weighted by atomic mass is 10.2. The molecular weight excluding hydrogens is 458 g/mol. The van der Waals surface area contributed by atoms with E-state index in [4.69, 9.17) is 9.47 Å². The number of nitrogens with one attached hydrogen (secondary N) is 2. The molecule has 35 heavy (non-hydrogen) atoms. The van der Waals surface area contributed by atoms with E-state index < -0.39 is 21.2 Å². The third-order valence-corrected chi connectivity index (χ3v) is 4.75. The van der Waals surface area contributed by atoms with Crippen molar-refractivity contribution in [3.05, 3.63) is 92.0 Å². The van der Waals surface area contributed by atoms with E-state index in [0.717, 1.165) is 17.7 Å². The van der Waals surface area contributed by atoms with Gasteiger partial charge in [0, 0.05) is 11.8 Å². The fourth-order valence-electron chi connectivity index (χ4n) is 2.98. The van der Waals surface area contributed by atoms with Gasteiger partial charge in [0.15, 0.2) is 18.1 Å². The topological polar surface area (TPSA) is 158 Å². The van der Waals surface area contributed by atoms with Crippen molar-refractivity contribution in [1.29, 1.82) is 0 Å². The molecule has 1 amide bonds. The average molecular weight is 479 g/mol. The van der Waals surface area contributed by atoms with Crippen LogP contribution in [0.1, 0.15) is 11.1 Å². The highest BCUT2D eigenvalue weighted by Crippen LogP contribution is 2.30. The van der Waals surface area contributed by atoms with Crippen molar-refractivity contribution >= 4 is 34.9 Å². The average Bonchev–Trinajstić information content (AvgIpc) is 2.84. The standard InChI is InChI=1S/C23H21N5O7/c1-15-5-3-4-6-18(15)25-23(29)14-35-21-10-7-16(11-22(21)34-2)13-24-26-19-9-8-17(27(30)31)12-20(19)28(32)33/h3-13,26H,14H2,1-2H3,(H,25,29)/b24-13+. The van der Waals surface area contributed by atoms with E-state index in [1.165, 1.54) is 19.4 Å². The first kappa shape index (κ1) is 24.6. The normalized spacial score (nSPS) is 10.6. The van der Waals surface area contributed by atoms with Gasteiger partial charge in [-0.05, 0) is 48.4 Å². The first-order valence-corrected chi connectivity index (χ1v) is 10.2. The number of nitro benzene ring substituents is 2. The van der Waals surface area contributed by atoms with Crippen molar-refractivity contribution in [3.8, 4) is 11.5 Å². The highest BCUT2D eigenvalue weighted by molar-refractivity contribution is 5.92. The molecule has 0 aliphatic heterocycles. The maximum atomic E-state index is 12.2. The lowest BCUT2D eigenvalue weighted by molar-refractivity contribution is -0.393. The number of nitrogens with zero attached hydrogens (tertiary/aromatic N) is 3. The summed E-state index contributed by atoms with van der Waals surface area (Å²) < 4.78 is 10.9. The van der Waals surface area contributed by atoms with Gasteiger partial charge in [0.25, 0.3) is 11.6 Å². The summed E-state index contributed by atoms with van der Waals surface area (Å²) >= 11 is 0. The predicted molar refractivity (Wildman–Crippen MR) is 129 cm³/mol. The molecule has 0 aromatic heterocycles. The van der Waals surface area contributed by atoms with Crippen molar-refractivity contribution in [2.75, 3.05) is 24.5 Å². The van der Waals surface area contributed by atoms with Crippen LogP contribution in [0.25, 0.3) is 0 Å². The Bertz CT molecular complexity index is 1290. The number of hydrogen-bond donors (Lipinski definition) is 2. The van der Waals surface area contributed by atoms with E-state index in [9.17, 15) is 25.0 Å². The zero-order valence-electron chi connectivity index (χ0n) is 18.8. The highest BCUT2D eigenvalue weighted by atomic mass is 16.6. The number of hydrazone groups is 1. The van der Waals surface area contributed by atoms with E-state index >= 15 is 0 Å². The van der Waals surface area contributed by atoms with Gasteiger partial charge in [-0.15, -0.1) is 0 Å². The number of rotatable bonds is 10. The number of aryl methyl sites for hydroxylation is 1. The number of hydrogen-bond acceptors (Lipinski definition) is 9. The number of anilines is 2. The molecular formula is C23H21N5O7. The van der Waals surface area contributed by atoms with Crippen LogP contribution in [0.5, 0.6) is 11.5 Å². The molecule has 3 aromatic carbocycles. The van der Waals surface area contributed by atoms with Crippen LogP contribution in [0, 0.1) is 27.2 Å². The van der Waals surface area contributed by atoms with Crippen molar-refractivity contribution in [3.63, 3.8) is 0 Å². The van der Waals surface area contributed by atoms with Crippen molar-refractivity contribution < 1.29 is 24.1 Å². The SMILES string of the molecule is COc1cc(/C=N/Nc2ccc([N+](=O)[O-])cc2[N+](=O)[O-])ccc1OCC(=O)Nc1ccccc1C. The first-order valence-electron chi connectivity index (χ1n) is 10.2. The monoisotopic (exact) mass is 479 g/mol. The number of nitro groups is 2. The molecule has 0 atom stereocenters.